The molecule has 0 fully saturated rings. The zero-order chi connectivity index (χ0) is 8.97. The largest absolute Gasteiger partial charge is 0.352 e. The molecule has 1 amide bonds. The normalized spacial score (nSPS) is 9.42. The molecule has 1 aromatic heterocycles. The Morgan fingerprint density at radius 2 is 2.67 bits per heavy atom. The van der Waals surface area contributed by atoms with E-state index in [0.717, 1.165) is 0 Å². The number of rotatable bonds is 3. The van der Waals surface area contributed by atoms with Crippen molar-refractivity contribution in [1.29, 1.82) is 0 Å². The van der Waals surface area contributed by atoms with Gasteiger partial charge in [-0.15, -0.1) is 6.58 Å². The second kappa shape index (κ2) is 3.71. The van der Waals surface area contributed by atoms with E-state index in [4.69, 9.17) is 0 Å². The molecule has 0 aliphatic heterocycles. The van der Waals surface area contributed by atoms with Crippen LogP contribution in [-0.2, 0) is 6.54 Å². The molecule has 0 aliphatic rings. The average molecular weight is 165 g/mol. The van der Waals surface area contributed by atoms with Gasteiger partial charge in [0.1, 0.15) is 0 Å². The Labute approximate surface area is 70.9 Å². The molecule has 0 aliphatic carbocycles. The highest BCUT2D eigenvalue weighted by Crippen LogP contribution is 1.96. The van der Waals surface area contributed by atoms with Crippen molar-refractivity contribution in [1.82, 2.24) is 14.9 Å². The minimum atomic E-state index is -0.179. The molecule has 1 heterocycles. The second-order valence-corrected chi connectivity index (χ2v) is 2.27. The molecule has 1 rings (SSSR count). The van der Waals surface area contributed by atoms with E-state index in [-0.39, 0.29) is 5.91 Å². The lowest BCUT2D eigenvalue weighted by molar-refractivity contribution is 0.0949. The zero-order valence-electron chi connectivity index (χ0n) is 6.95. The van der Waals surface area contributed by atoms with Crippen LogP contribution in [0.2, 0.25) is 0 Å². The smallest absolute Gasteiger partial charge is 0.287 e. The number of amides is 1. The summed E-state index contributed by atoms with van der Waals surface area (Å²) in [6.07, 6.45) is 5.05. The van der Waals surface area contributed by atoms with Gasteiger partial charge in [0.05, 0.1) is 0 Å². The summed E-state index contributed by atoms with van der Waals surface area (Å²) >= 11 is 0. The highest BCUT2D eigenvalue weighted by molar-refractivity contribution is 5.90. The number of carbonyl (C=O) groups excluding carboxylic acids is 1. The number of nitrogens with zero attached hydrogens (tertiary/aromatic N) is 2. The molecule has 0 atom stereocenters. The minimum Gasteiger partial charge on any atom is -0.352 e. The number of aromatic nitrogens is 2. The Morgan fingerprint density at radius 1 is 1.92 bits per heavy atom. The van der Waals surface area contributed by atoms with Crippen molar-refractivity contribution >= 4 is 5.91 Å². The third-order valence-corrected chi connectivity index (χ3v) is 1.47. The van der Waals surface area contributed by atoms with Crippen molar-refractivity contribution in [3.8, 4) is 0 Å². The molecular formula is C8H11N3O. The summed E-state index contributed by atoms with van der Waals surface area (Å²) in [4.78, 5) is 15.1. The zero-order valence-corrected chi connectivity index (χ0v) is 6.95. The number of carbonyl (C=O) groups is 1. The topological polar surface area (TPSA) is 46.9 Å². The number of nitrogens with one attached hydrogen (secondary N) is 1. The van der Waals surface area contributed by atoms with E-state index in [1.807, 2.05) is 0 Å². The molecule has 4 heteroatoms. The van der Waals surface area contributed by atoms with Gasteiger partial charge in [-0.1, -0.05) is 6.08 Å². The van der Waals surface area contributed by atoms with Crippen LogP contribution in [0, 0.1) is 0 Å². The first-order chi connectivity index (χ1) is 5.79. The summed E-state index contributed by atoms with van der Waals surface area (Å²) in [5, 5.41) is 2.51. The minimum absolute atomic E-state index is 0.179. The van der Waals surface area contributed by atoms with E-state index in [9.17, 15) is 4.79 Å². The first-order valence-corrected chi connectivity index (χ1v) is 3.63. The summed E-state index contributed by atoms with van der Waals surface area (Å²) in [5.74, 6) is 0.235. The Kier molecular flexibility index (Phi) is 2.63. The molecule has 0 saturated carbocycles. The highest BCUT2D eigenvalue weighted by atomic mass is 16.2. The van der Waals surface area contributed by atoms with Crippen molar-refractivity contribution in [3.05, 3.63) is 30.9 Å². The van der Waals surface area contributed by atoms with Gasteiger partial charge in [0.2, 0.25) is 0 Å². The van der Waals surface area contributed by atoms with Gasteiger partial charge in [-0.25, -0.2) is 4.98 Å². The van der Waals surface area contributed by atoms with Gasteiger partial charge >= 0.3 is 0 Å². The number of hydrogen-bond donors (Lipinski definition) is 1. The van der Waals surface area contributed by atoms with Crippen LogP contribution < -0.4 is 5.32 Å². The lowest BCUT2D eigenvalue weighted by atomic mass is 10.5. The Balaban J connectivity index is 2.90. The van der Waals surface area contributed by atoms with Gasteiger partial charge in [0.25, 0.3) is 5.91 Å². The standard InChI is InChI=1S/C8H11N3O/c1-3-5-11-6-4-10-7(11)8(12)9-2/h3-4,6H,1,5H2,2H3,(H,9,12). The van der Waals surface area contributed by atoms with Gasteiger partial charge in [0.15, 0.2) is 5.82 Å². The molecule has 1 N–H and O–H groups in total. The summed E-state index contributed by atoms with van der Waals surface area (Å²) < 4.78 is 1.73. The number of hydrogen-bond acceptors (Lipinski definition) is 2. The third-order valence-electron chi connectivity index (χ3n) is 1.47. The van der Waals surface area contributed by atoms with Crippen LogP contribution in [0.3, 0.4) is 0 Å². The molecule has 0 bridgehead atoms. The molecule has 1 aromatic rings. The Bertz CT molecular complexity index is 290. The van der Waals surface area contributed by atoms with Crippen LogP contribution in [-0.4, -0.2) is 22.5 Å². The Hall–Kier alpha value is -1.58. The first kappa shape index (κ1) is 8.52. The van der Waals surface area contributed by atoms with Gasteiger partial charge < -0.3 is 9.88 Å². The van der Waals surface area contributed by atoms with Gasteiger partial charge in [-0.05, 0) is 0 Å². The quantitative estimate of drug-likeness (QED) is 0.660. The molecule has 0 radical (unpaired) electrons. The predicted octanol–water partition coefficient (Wildman–Crippen LogP) is 0.429. The highest BCUT2D eigenvalue weighted by Gasteiger charge is 2.08. The average Bonchev–Trinajstić information content (AvgIpc) is 2.52. The van der Waals surface area contributed by atoms with Gasteiger partial charge in [-0.2, -0.15) is 0 Å². The first-order valence-electron chi connectivity index (χ1n) is 3.63. The summed E-state index contributed by atoms with van der Waals surface area (Å²) in [5.41, 5.74) is 0. The Morgan fingerprint density at radius 3 is 3.25 bits per heavy atom. The van der Waals surface area contributed by atoms with Crippen LogP contribution in [0.5, 0.6) is 0 Å². The van der Waals surface area contributed by atoms with E-state index in [1.165, 1.54) is 0 Å². The number of allylic oxidation sites excluding steroid dienone is 1. The predicted molar refractivity (Wildman–Crippen MR) is 45.8 cm³/mol. The van der Waals surface area contributed by atoms with Gasteiger partial charge in [-0.3, -0.25) is 4.79 Å². The molecular weight excluding hydrogens is 154 g/mol. The van der Waals surface area contributed by atoms with Crippen molar-refractivity contribution in [2.45, 2.75) is 6.54 Å². The fourth-order valence-corrected chi connectivity index (χ4v) is 0.916. The molecule has 64 valence electrons. The molecule has 12 heavy (non-hydrogen) atoms. The lowest BCUT2D eigenvalue weighted by Crippen LogP contribution is -2.22. The monoisotopic (exact) mass is 165 g/mol. The SMILES string of the molecule is C=CCn1ccnc1C(=O)NC. The van der Waals surface area contributed by atoms with Crippen molar-refractivity contribution < 1.29 is 4.79 Å². The van der Waals surface area contributed by atoms with Gasteiger partial charge in [0, 0.05) is 26.0 Å². The number of imidazole rings is 1. The third kappa shape index (κ3) is 1.53. The summed E-state index contributed by atoms with van der Waals surface area (Å²) in [7, 11) is 1.58. The fraction of sp³-hybridized carbons (Fsp3) is 0.250. The maximum Gasteiger partial charge on any atom is 0.287 e. The molecule has 0 unspecified atom stereocenters. The molecule has 0 saturated heterocycles. The van der Waals surface area contributed by atoms with E-state index in [0.29, 0.717) is 12.4 Å². The fourth-order valence-electron chi connectivity index (χ4n) is 0.916. The second-order valence-electron chi connectivity index (χ2n) is 2.27. The molecule has 0 aromatic carbocycles. The summed E-state index contributed by atoms with van der Waals surface area (Å²) in [6, 6.07) is 0. The lowest BCUT2D eigenvalue weighted by Gasteiger charge is -2.01. The van der Waals surface area contributed by atoms with E-state index < -0.39 is 0 Å². The van der Waals surface area contributed by atoms with Crippen molar-refractivity contribution in [2.75, 3.05) is 7.05 Å². The van der Waals surface area contributed by atoms with Crippen molar-refractivity contribution in [2.24, 2.45) is 0 Å². The molecule has 0 spiro atoms. The van der Waals surface area contributed by atoms with E-state index in [1.54, 1.807) is 30.1 Å². The van der Waals surface area contributed by atoms with Crippen LogP contribution in [0.1, 0.15) is 10.6 Å². The van der Waals surface area contributed by atoms with Crippen LogP contribution in [0.15, 0.2) is 25.0 Å². The van der Waals surface area contributed by atoms with Crippen LogP contribution in [0.4, 0.5) is 0 Å². The maximum atomic E-state index is 11.1. The van der Waals surface area contributed by atoms with Crippen molar-refractivity contribution in [3.63, 3.8) is 0 Å². The summed E-state index contributed by atoms with van der Waals surface area (Å²) in [6.45, 7) is 4.18. The van der Waals surface area contributed by atoms with E-state index >= 15 is 0 Å². The van der Waals surface area contributed by atoms with E-state index in [2.05, 4.69) is 16.9 Å². The molecule has 4 nitrogen and oxygen atoms in total. The van der Waals surface area contributed by atoms with Crippen LogP contribution >= 0.6 is 0 Å². The van der Waals surface area contributed by atoms with Crippen LogP contribution in [0.25, 0.3) is 0 Å². The maximum absolute atomic E-state index is 11.1.